The van der Waals surface area contributed by atoms with Gasteiger partial charge >= 0.3 is 6.09 Å². The van der Waals surface area contributed by atoms with Gasteiger partial charge in [-0.3, -0.25) is 4.99 Å². The van der Waals surface area contributed by atoms with E-state index in [9.17, 15) is 13.2 Å². The number of sulfone groups is 1. The van der Waals surface area contributed by atoms with Crippen molar-refractivity contribution in [3.8, 4) is 0 Å². The van der Waals surface area contributed by atoms with E-state index in [1.54, 1.807) is 18.7 Å². The third kappa shape index (κ3) is 7.13. The minimum absolute atomic E-state index is 0. The summed E-state index contributed by atoms with van der Waals surface area (Å²) < 4.78 is 29.4. The van der Waals surface area contributed by atoms with Gasteiger partial charge in [-0.1, -0.05) is 0 Å². The first-order valence-corrected chi connectivity index (χ1v) is 12.3. The fourth-order valence-corrected chi connectivity index (χ4v) is 5.06. The molecule has 1 N–H and O–H groups in total. The van der Waals surface area contributed by atoms with Gasteiger partial charge in [0.2, 0.25) is 0 Å². The highest BCUT2D eigenvalue weighted by molar-refractivity contribution is 14.0. The van der Waals surface area contributed by atoms with Gasteiger partial charge in [-0.15, -0.1) is 24.0 Å². The standard InChI is InChI=1S/C20H38N4O4S.HI/c1-7-21-17(23-12-13-29(26,27)20(5,6)15-23)22-14-16-10-8-9-11-24(16)18(25)28-19(2,3)4;/h16H,7-15H2,1-6H3,(H,21,22);1H. The van der Waals surface area contributed by atoms with Gasteiger partial charge in [0.1, 0.15) is 5.60 Å². The lowest BCUT2D eigenvalue weighted by atomic mass is 10.0. The summed E-state index contributed by atoms with van der Waals surface area (Å²) in [7, 11) is -3.11. The number of hydrogen-bond donors (Lipinski definition) is 1. The molecule has 2 fully saturated rings. The Balaban J connectivity index is 0.00000450. The lowest BCUT2D eigenvalue weighted by molar-refractivity contribution is 0.0109. The van der Waals surface area contributed by atoms with Crippen LogP contribution in [0.2, 0.25) is 0 Å². The zero-order valence-corrected chi connectivity index (χ0v) is 22.4. The molecule has 0 aromatic carbocycles. The predicted octanol–water partition coefficient (Wildman–Crippen LogP) is 2.87. The van der Waals surface area contributed by atoms with Gasteiger partial charge in [0.15, 0.2) is 15.8 Å². The van der Waals surface area contributed by atoms with Crippen molar-refractivity contribution >= 4 is 45.9 Å². The second-order valence-electron chi connectivity index (χ2n) is 9.52. The first-order valence-electron chi connectivity index (χ1n) is 10.6. The van der Waals surface area contributed by atoms with Crippen molar-refractivity contribution in [2.75, 3.05) is 38.5 Å². The average Bonchev–Trinajstić information content (AvgIpc) is 2.60. The van der Waals surface area contributed by atoms with Crippen LogP contribution in [0.15, 0.2) is 4.99 Å². The molecule has 1 unspecified atom stereocenters. The summed E-state index contributed by atoms with van der Waals surface area (Å²) in [6.07, 6.45) is 2.64. The minimum Gasteiger partial charge on any atom is -0.444 e. The molecule has 1 atom stereocenters. The Kier molecular flexibility index (Phi) is 9.71. The number of rotatable bonds is 3. The summed E-state index contributed by atoms with van der Waals surface area (Å²) >= 11 is 0. The molecule has 10 heteroatoms. The second kappa shape index (κ2) is 10.7. The lowest BCUT2D eigenvalue weighted by Crippen LogP contribution is -2.57. The molecule has 0 aromatic heterocycles. The number of likely N-dealkylation sites (tertiary alicyclic amines) is 1. The largest absolute Gasteiger partial charge is 0.444 e. The number of nitrogens with zero attached hydrogens (tertiary/aromatic N) is 3. The zero-order valence-electron chi connectivity index (χ0n) is 19.2. The van der Waals surface area contributed by atoms with Gasteiger partial charge in [0.25, 0.3) is 0 Å². The predicted molar refractivity (Wildman–Crippen MR) is 131 cm³/mol. The number of ether oxygens (including phenoxy) is 1. The van der Waals surface area contributed by atoms with E-state index >= 15 is 0 Å². The molecule has 8 nitrogen and oxygen atoms in total. The van der Waals surface area contributed by atoms with Crippen LogP contribution in [0.4, 0.5) is 4.79 Å². The van der Waals surface area contributed by atoms with Crippen molar-refractivity contribution in [2.24, 2.45) is 4.99 Å². The van der Waals surface area contributed by atoms with E-state index in [0.29, 0.717) is 38.7 Å². The molecule has 1 amide bonds. The van der Waals surface area contributed by atoms with Crippen LogP contribution in [0.1, 0.15) is 60.8 Å². The molecule has 30 heavy (non-hydrogen) atoms. The summed E-state index contributed by atoms with van der Waals surface area (Å²) in [5, 5.41) is 3.29. The molecule has 176 valence electrons. The summed E-state index contributed by atoms with van der Waals surface area (Å²) in [4.78, 5) is 21.2. The van der Waals surface area contributed by atoms with Crippen molar-refractivity contribution in [2.45, 2.75) is 77.2 Å². The summed E-state index contributed by atoms with van der Waals surface area (Å²) in [5.74, 6) is 0.836. The van der Waals surface area contributed by atoms with E-state index in [4.69, 9.17) is 9.73 Å². The van der Waals surface area contributed by atoms with Crippen LogP contribution in [0, 0.1) is 0 Å². The minimum atomic E-state index is -3.11. The molecular weight excluding hydrogens is 519 g/mol. The van der Waals surface area contributed by atoms with Crippen molar-refractivity contribution in [1.82, 2.24) is 15.1 Å². The maximum Gasteiger partial charge on any atom is 0.410 e. The van der Waals surface area contributed by atoms with Crippen LogP contribution in [-0.4, -0.2) is 85.1 Å². The van der Waals surface area contributed by atoms with Gasteiger partial charge in [0.05, 0.1) is 23.1 Å². The molecule has 0 aromatic rings. The van der Waals surface area contributed by atoms with Gasteiger partial charge < -0.3 is 19.9 Å². The second-order valence-corrected chi connectivity index (χ2v) is 12.3. The van der Waals surface area contributed by atoms with Crippen LogP contribution in [0.5, 0.6) is 0 Å². The van der Waals surface area contributed by atoms with Crippen LogP contribution in [-0.2, 0) is 14.6 Å². The van der Waals surface area contributed by atoms with Gasteiger partial charge in [-0.2, -0.15) is 0 Å². The quantitative estimate of drug-likeness (QED) is 0.326. The number of nitrogens with one attached hydrogen (secondary N) is 1. The van der Waals surface area contributed by atoms with Gasteiger partial charge in [-0.05, 0) is 60.8 Å². The number of piperidine rings is 1. The first kappa shape index (κ1) is 27.3. The Hall–Kier alpha value is -0.780. The average molecular weight is 559 g/mol. The van der Waals surface area contributed by atoms with E-state index in [0.717, 1.165) is 19.3 Å². The van der Waals surface area contributed by atoms with Crippen molar-refractivity contribution in [3.63, 3.8) is 0 Å². The third-order valence-electron chi connectivity index (χ3n) is 5.38. The molecule has 0 spiro atoms. The van der Waals surface area contributed by atoms with E-state index < -0.39 is 20.2 Å². The highest BCUT2D eigenvalue weighted by Gasteiger charge is 2.41. The van der Waals surface area contributed by atoms with Gasteiger partial charge in [0, 0.05) is 26.2 Å². The molecular formula is C20H39IN4O4S. The number of hydrogen-bond acceptors (Lipinski definition) is 5. The Bertz CT molecular complexity index is 719. The van der Waals surface area contributed by atoms with Crippen LogP contribution < -0.4 is 5.32 Å². The van der Waals surface area contributed by atoms with E-state index in [1.807, 2.05) is 32.6 Å². The van der Waals surface area contributed by atoms with E-state index in [2.05, 4.69) is 5.32 Å². The Morgan fingerprint density at radius 2 is 1.90 bits per heavy atom. The molecule has 0 saturated carbocycles. The third-order valence-corrected chi connectivity index (χ3v) is 7.92. The molecule has 2 heterocycles. The monoisotopic (exact) mass is 558 g/mol. The number of aliphatic imine (C=N–C) groups is 1. The number of amides is 1. The maximum absolute atomic E-state index is 12.6. The summed E-state index contributed by atoms with van der Waals surface area (Å²) in [6, 6.07) is -0.00575. The molecule has 2 aliphatic heterocycles. The first-order chi connectivity index (χ1) is 13.4. The van der Waals surface area contributed by atoms with Crippen LogP contribution in [0.3, 0.4) is 0 Å². The molecule has 2 aliphatic rings. The Morgan fingerprint density at radius 3 is 2.47 bits per heavy atom. The zero-order chi connectivity index (χ0) is 21.9. The SMILES string of the molecule is CCNC(=NCC1CCCCN1C(=O)OC(C)(C)C)N1CCS(=O)(=O)C(C)(C)C1.I. The normalized spacial score (nSPS) is 24.1. The lowest BCUT2D eigenvalue weighted by Gasteiger charge is -2.40. The fraction of sp³-hybridized carbons (Fsp3) is 0.900. The molecule has 0 radical (unpaired) electrons. The summed E-state index contributed by atoms with van der Waals surface area (Å²) in [5.41, 5.74) is -0.526. The number of carbonyl (C=O) groups excluding carboxylic acids is 1. The summed E-state index contributed by atoms with van der Waals surface area (Å²) in [6.45, 7) is 13.8. The van der Waals surface area contributed by atoms with Crippen molar-refractivity contribution in [3.05, 3.63) is 0 Å². The van der Waals surface area contributed by atoms with Crippen LogP contribution in [0.25, 0.3) is 0 Å². The molecule has 0 bridgehead atoms. The number of halogens is 1. The van der Waals surface area contributed by atoms with E-state index in [-0.39, 0.29) is 41.9 Å². The maximum atomic E-state index is 12.6. The topological polar surface area (TPSA) is 91.3 Å². The van der Waals surface area contributed by atoms with Crippen molar-refractivity contribution < 1.29 is 17.9 Å². The van der Waals surface area contributed by atoms with Gasteiger partial charge in [-0.25, -0.2) is 13.2 Å². The molecule has 2 saturated heterocycles. The Labute approximate surface area is 199 Å². The highest BCUT2D eigenvalue weighted by atomic mass is 127. The van der Waals surface area contributed by atoms with Crippen LogP contribution >= 0.6 is 24.0 Å². The smallest absolute Gasteiger partial charge is 0.410 e. The van der Waals surface area contributed by atoms with E-state index in [1.165, 1.54) is 0 Å². The number of carbonyl (C=O) groups is 1. The number of guanidine groups is 1. The Morgan fingerprint density at radius 1 is 1.23 bits per heavy atom. The molecule has 0 aliphatic carbocycles. The highest BCUT2D eigenvalue weighted by Crippen LogP contribution is 2.24. The molecule has 2 rings (SSSR count). The fourth-order valence-electron chi connectivity index (χ4n) is 3.69. The van der Waals surface area contributed by atoms with Crippen molar-refractivity contribution in [1.29, 1.82) is 0 Å².